The first kappa shape index (κ1) is 14.0. The van der Waals surface area contributed by atoms with E-state index >= 15 is 0 Å². The second-order valence-electron chi connectivity index (χ2n) is 5.78. The summed E-state index contributed by atoms with van der Waals surface area (Å²) in [6, 6.07) is 1.88. The van der Waals surface area contributed by atoms with Crippen molar-refractivity contribution in [3.8, 4) is 0 Å². The van der Waals surface area contributed by atoms with Gasteiger partial charge >= 0.3 is 6.03 Å². The van der Waals surface area contributed by atoms with Gasteiger partial charge in [-0.15, -0.1) is 0 Å². The molecule has 0 aromatic rings. The Hall–Kier alpha value is -0.420. The van der Waals surface area contributed by atoms with Crippen LogP contribution in [0.25, 0.3) is 0 Å². The average Bonchev–Trinajstić information content (AvgIpc) is 2.77. The summed E-state index contributed by atoms with van der Waals surface area (Å²) in [7, 11) is 0. The van der Waals surface area contributed by atoms with Crippen LogP contribution in [0.5, 0.6) is 0 Å². The Bertz CT molecular complexity index is 298. The molecule has 5 heteroatoms. The number of amides is 2. The number of hydrogen-bond donors (Lipinski definition) is 3. The highest BCUT2D eigenvalue weighted by atomic mass is 32.2. The van der Waals surface area contributed by atoms with Crippen molar-refractivity contribution in [3.05, 3.63) is 0 Å². The van der Waals surface area contributed by atoms with Crippen molar-refractivity contribution in [3.63, 3.8) is 0 Å². The van der Waals surface area contributed by atoms with E-state index in [4.69, 9.17) is 0 Å². The molecule has 3 N–H and O–H groups in total. The van der Waals surface area contributed by atoms with Crippen LogP contribution in [-0.4, -0.2) is 41.2 Å². The van der Waals surface area contributed by atoms with Gasteiger partial charge in [-0.25, -0.2) is 4.79 Å². The zero-order chi connectivity index (χ0) is 13.1. The van der Waals surface area contributed by atoms with Crippen LogP contribution in [0.1, 0.15) is 40.0 Å². The van der Waals surface area contributed by atoms with Crippen LogP contribution in [0.4, 0.5) is 4.79 Å². The van der Waals surface area contributed by atoms with Crippen LogP contribution >= 0.6 is 11.8 Å². The highest BCUT2D eigenvalue weighted by Gasteiger charge is 2.42. The predicted octanol–water partition coefficient (Wildman–Crippen LogP) is 1.71. The minimum atomic E-state index is 0.0187. The Kier molecular flexibility index (Phi) is 4.78. The number of fused-ring (bicyclic) bond motifs is 1. The van der Waals surface area contributed by atoms with Gasteiger partial charge in [0.25, 0.3) is 0 Å². The first-order chi connectivity index (χ1) is 8.56. The fourth-order valence-corrected chi connectivity index (χ4v) is 4.46. The molecule has 2 rings (SSSR count). The summed E-state index contributed by atoms with van der Waals surface area (Å²) in [5, 5.41) is 10.2. The molecule has 2 aliphatic heterocycles. The van der Waals surface area contributed by atoms with E-state index in [1.54, 1.807) is 0 Å². The van der Waals surface area contributed by atoms with Crippen molar-refractivity contribution >= 4 is 17.8 Å². The van der Waals surface area contributed by atoms with Crippen LogP contribution in [0, 0.1) is 0 Å². The lowest BCUT2D eigenvalue weighted by Gasteiger charge is -2.19. The number of carbonyl (C=O) groups is 1. The molecule has 0 bridgehead atoms. The van der Waals surface area contributed by atoms with Gasteiger partial charge in [-0.1, -0.05) is 20.3 Å². The minimum Gasteiger partial charge on any atom is -0.332 e. The van der Waals surface area contributed by atoms with E-state index in [2.05, 4.69) is 36.7 Å². The van der Waals surface area contributed by atoms with Crippen LogP contribution in [-0.2, 0) is 0 Å². The van der Waals surface area contributed by atoms with Crippen molar-refractivity contribution < 1.29 is 4.79 Å². The monoisotopic (exact) mass is 271 g/mol. The Morgan fingerprint density at radius 3 is 2.89 bits per heavy atom. The Morgan fingerprint density at radius 2 is 2.17 bits per heavy atom. The molecule has 4 atom stereocenters. The summed E-state index contributed by atoms with van der Waals surface area (Å²) >= 11 is 2.00. The SMILES string of the molecule is CC(C)NC(C)CCC[C@@H]1SC[C@@H]2NC(=O)N[C@@H]21. The molecule has 2 fully saturated rings. The average molecular weight is 271 g/mol. The van der Waals surface area contributed by atoms with E-state index in [9.17, 15) is 4.79 Å². The van der Waals surface area contributed by atoms with Gasteiger partial charge in [-0.2, -0.15) is 11.8 Å². The van der Waals surface area contributed by atoms with E-state index < -0.39 is 0 Å². The zero-order valence-electron chi connectivity index (χ0n) is 11.5. The second-order valence-corrected chi connectivity index (χ2v) is 7.05. The van der Waals surface area contributed by atoms with Crippen LogP contribution in [0.15, 0.2) is 0 Å². The molecule has 2 amide bonds. The summed E-state index contributed by atoms with van der Waals surface area (Å²) in [5.74, 6) is 1.06. The molecule has 0 aliphatic carbocycles. The van der Waals surface area contributed by atoms with Crippen molar-refractivity contribution in [2.45, 2.75) is 69.5 Å². The molecule has 2 saturated heterocycles. The van der Waals surface area contributed by atoms with Gasteiger partial charge in [0.2, 0.25) is 0 Å². The number of nitrogens with one attached hydrogen (secondary N) is 3. The van der Waals surface area contributed by atoms with Gasteiger partial charge < -0.3 is 16.0 Å². The maximum Gasteiger partial charge on any atom is 0.315 e. The highest BCUT2D eigenvalue weighted by Crippen LogP contribution is 2.33. The van der Waals surface area contributed by atoms with Crippen molar-refractivity contribution in [2.75, 3.05) is 5.75 Å². The van der Waals surface area contributed by atoms with E-state index in [0.29, 0.717) is 29.4 Å². The van der Waals surface area contributed by atoms with Gasteiger partial charge in [0.15, 0.2) is 0 Å². The van der Waals surface area contributed by atoms with Crippen LogP contribution in [0.2, 0.25) is 0 Å². The zero-order valence-corrected chi connectivity index (χ0v) is 12.3. The third-order valence-corrected chi connectivity index (χ3v) is 5.19. The third-order valence-electron chi connectivity index (χ3n) is 3.68. The second kappa shape index (κ2) is 6.15. The topological polar surface area (TPSA) is 53.2 Å². The molecule has 104 valence electrons. The first-order valence-electron chi connectivity index (χ1n) is 7.01. The Labute approximate surface area is 114 Å². The maximum absolute atomic E-state index is 11.3. The summed E-state index contributed by atoms with van der Waals surface area (Å²) in [5.41, 5.74) is 0. The van der Waals surface area contributed by atoms with E-state index in [1.807, 2.05) is 11.8 Å². The quantitative estimate of drug-likeness (QED) is 0.645. The number of carbonyl (C=O) groups excluding carboxylic acids is 1. The Balaban J connectivity index is 1.67. The van der Waals surface area contributed by atoms with Crippen molar-refractivity contribution in [1.29, 1.82) is 0 Å². The lowest BCUT2D eigenvalue weighted by molar-refractivity contribution is 0.247. The maximum atomic E-state index is 11.3. The molecule has 0 spiro atoms. The number of rotatable bonds is 6. The molecule has 0 radical (unpaired) electrons. The molecular formula is C13H25N3OS. The van der Waals surface area contributed by atoms with Gasteiger partial charge in [0.05, 0.1) is 12.1 Å². The molecule has 4 nitrogen and oxygen atoms in total. The molecule has 2 heterocycles. The predicted molar refractivity (Wildman–Crippen MR) is 77.1 cm³/mol. The summed E-state index contributed by atoms with van der Waals surface area (Å²) < 4.78 is 0. The van der Waals surface area contributed by atoms with E-state index in [1.165, 1.54) is 19.3 Å². The number of hydrogen-bond acceptors (Lipinski definition) is 3. The highest BCUT2D eigenvalue weighted by molar-refractivity contribution is 8.00. The normalized spacial score (nSPS) is 32.2. The standard InChI is InChI=1S/C13H25N3OS/c1-8(2)14-9(3)5-4-6-11-12-10(7-18-11)15-13(17)16-12/h8-12,14H,4-7H2,1-3H3,(H2,15,16,17)/t9?,10-,11-,12-/m0/s1. The summed E-state index contributed by atoms with van der Waals surface area (Å²) in [6.45, 7) is 6.63. The molecule has 2 aliphatic rings. The number of urea groups is 1. The van der Waals surface area contributed by atoms with Crippen molar-refractivity contribution in [1.82, 2.24) is 16.0 Å². The fourth-order valence-electron chi connectivity index (χ4n) is 2.92. The third kappa shape index (κ3) is 3.54. The van der Waals surface area contributed by atoms with Crippen LogP contribution in [0.3, 0.4) is 0 Å². The number of thioether (sulfide) groups is 1. The van der Waals surface area contributed by atoms with E-state index in [-0.39, 0.29) is 6.03 Å². The van der Waals surface area contributed by atoms with Crippen molar-refractivity contribution in [2.24, 2.45) is 0 Å². The molecule has 0 saturated carbocycles. The lowest BCUT2D eigenvalue weighted by atomic mass is 10.0. The van der Waals surface area contributed by atoms with E-state index in [0.717, 1.165) is 5.75 Å². The molecular weight excluding hydrogens is 246 g/mol. The van der Waals surface area contributed by atoms with Gasteiger partial charge in [0, 0.05) is 23.1 Å². The molecule has 0 aromatic carbocycles. The minimum absolute atomic E-state index is 0.0187. The molecule has 0 aromatic heterocycles. The van der Waals surface area contributed by atoms with Gasteiger partial charge in [-0.05, 0) is 19.8 Å². The van der Waals surface area contributed by atoms with Gasteiger partial charge in [-0.3, -0.25) is 0 Å². The molecule has 18 heavy (non-hydrogen) atoms. The summed E-state index contributed by atoms with van der Waals surface area (Å²) in [4.78, 5) is 11.3. The Morgan fingerprint density at radius 1 is 1.39 bits per heavy atom. The first-order valence-corrected chi connectivity index (χ1v) is 8.06. The smallest absolute Gasteiger partial charge is 0.315 e. The lowest BCUT2D eigenvalue weighted by Crippen LogP contribution is -2.37. The fraction of sp³-hybridized carbons (Fsp3) is 0.923. The summed E-state index contributed by atoms with van der Waals surface area (Å²) in [6.07, 6.45) is 3.66. The molecule has 1 unspecified atom stereocenters. The largest absolute Gasteiger partial charge is 0.332 e. The van der Waals surface area contributed by atoms with Gasteiger partial charge in [0.1, 0.15) is 0 Å². The van der Waals surface area contributed by atoms with Crippen LogP contribution < -0.4 is 16.0 Å².